The third-order valence-corrected chi connectivity index (χ3v) is 4.53. The van der Waals surface area contributed by atoms with E-state index in [9.17, 15) is 4.39 Å². The van der Waals surface area contributed by atoms with Gasteiger partial charge in [-0.2, -0.15) is 0 Å². The molecule has 0 spiro atoms. The van der Waals surface area contributed by atoms with E-state index in [2.05, 4.69) is 0 Å². The van der Waals surface area contributed by atoms with Gasteiger partial charge in [0.2, 0.25) is 0 Å². The summed E-state index contributed by atoms with van der Waals surface area (Å²) in [4.78, 5) is 5.41. The lowest BCUT2D eigenvalue weighted by Crippen LogP contribution is -2.79. The van der Waals surface area contributed by atoms with Crippen molar-refractivity contribution in [2.75, 3.05) is 9.80 Å². The third-order valence-electron chi connectivity index (χ3n) is 4.53. The molecule has 0 amide bonds. The summed E-state index contributed by atoms with van der Waals surface area (Å²) >= 11 is 0. The molecule has 25 heavy (non-hydrogen) atoms. The summed E-state index contributed by atoms with van der Waals surface area (Å²) in [6.45, 7) is 4.00. The Morgan fingerprint density at radius 2 is 1.36 bits per heavy atom. The standard InChI is InChI=1S/C18H25FN6/c1-12(2)23-16(20)24(13-8-4-3-5-9-13)18(22)25(17(23)21)15-11-7-6-10-14(15)19/h3-12,16-18H,20-22H2,1-2H3. The average molecular weight is 344 g/mol. The molecule has 1 aliphatic rings. The SMILES string of the molecule is CC(C)N1C(N)N(c2ccccc2)C(N)N(c2ccccc2F)C1N. The molecule has 0 aromatic heterocycles. The predicted octanol–water partition coefficient (Wildman–Crippen LogP) is 1.59. The van der Waals surface area contributed by atoms with Gasteiger partial charge >= 0.3 is 0 Å². The zero-order valence-electron chi connectivity index (χ0n) is 14.5. The van der Waals surface area contributed by atoms with Crippen molar-refractivity contribution in [2.45, 2.75) is 38.8 Å². The second kappa shape index (κ2) is 6.97. The molecule has 2 aromatic carbocycles. The van der Waals surface area contributed by atoms with Crippen LogP contribution in [0.25, 0.3) is 0 Å². The quantitative estimate of drug-likeness (QED) is 0.784. The number of para-hydroxylation sites is 2. The zero-order valence-corrected chi connectivity index (χ0v) is 14.5. The average Bonchev–Trinajstić information content (AvgIpc) is 2.57. The van der Waals surface area contributed by atoms with Crippen molar-refractivity contribution in [2.24, 2.45) is 17.2 Å². The van der Waals surface area contributed by atoms with Crippen molar-refractivity contribution in [3.05, 3.63) is 60.4 Å². The molecule has 3 rings (SSSR count). The second-order valence-corrected chi connectivity index (χ2v) is 6.38. The van der Waals surface area contributed by atoms with Crippen LogP contribution < -0.4 is 27.0 Å². The molecule has 6 nitrogen and oxygen atoms in total. The van der Waals surface area contributed by atoms with Gasteiger partial charge < -0.3 is 9.80 Å². The fraction of sp³-hybridized carbons (Fsp3) is 0.333. The summed E-state index contributed by atoms with van der Waals surface area (Å²) in [5, 5.41) is 0. The van der Waals surface area contributed by atoms with Crippen molar-refractivity contribution < 1.29 is 4.39 Å². The number of anilines is 2. The van der Waals surface area contributed by atoms with Crippen molar-refractivity contribution in [3.63, 3.8) is 0 Å². The summed E-state index contributed by atoms with van der Waals surface area (Å²) in [5.41, 5.74) is 20.6. The fourth-order valence-corrected chi connectivity index (χ4v) is 3.35. The van der Waals surface area contributed by atoms with Gasteiger partial charge in [-0.3, -0.25) is 17.2 Å². The molecule has 2 aromatic rings. The van der Waals surface area contributed by atoms with Gasteiger partial charge in [-0.25, -0.2) is 9.29 Å². The lowest BCUT2D eigenvalue weighted by atomic mass is 10.2. The van der Waals surface area contributed by atoms with Crippen molar-refractivity contribution in [3.8, 4) is 0 Å². The van der Waals surface area contributed by atoms with Crippen LogP contribution >= 0.6 is 0 Å². The van der Waals surface area contributed by atoms with Gasteiger partial charge in [-0.05, 0) is 38.1 Å². The Balaban J connectivity index is 2.10. The predicted molar refractivity (Wildman–Crippen MR) is 98.7 cm³/mol. The molecular formula is C18H25FN6. The minimum Gasteiger partial charge on any atom is -0.310 e. The van der Waals surface area contributed by atoms with Crippen LogP contribution in [-0.4, -0.2) is 29.8 Å². The van der Waals surface area contributed by atoms with Gasteiger partial charge in [-0.1, -0.05) is 30.3 Å². The molecule has 0 aliphatic carbocycles. The van der Waals surface area contributed by atoms with E-state index in [0.717, 1.165) is 5.69 Å². The normalized spacial score (nSPS) is 24.8. The highest BCUT2D eigenvalue weighted by atomic mass is 19.1. The van der Waals surface area contributed by atoms with Crippen LogP contribution in [0, 0.1) is 5.82 Å². The Kier molecular flexibility index (Phi) is 4.91. The molecular weight excluding hydrogens is 319 g/mol. The molecule has 3 atom stereocenters. The van der Waals surface area contributed by atoms with E-state index in [1.54, 1.807) is 23.1 Å². The fourth-order valence-electron chi connectivity index (χ4n) is 3.35. The first-order chi connectivity index (χ1) is 11.9. The lowest BCUT2D eigenvalue weighted by Gasteiger charge is -2.56. The summed E-state index contributed by atoms with van der Waals surface area (Å²) in [5.74, 6) is -0.374. The Morgan fingerprint density at radius 1 is 0.800 bits per heavy atom. The Morgan fingerprint density at radius 3 is 1.96 bits per heavy atom. The van der Waals surface area contributed by atoms with Crippen LogP contribution in [0.15, 0.2) is 54.6 Å². The van der Waals surface area contributed by atoms with E-state index in [1.165, 1.54) is 6.07 Å². The number of hydrogen-bond acceptors (Lipinski definition) is 6. The first kappa shape index (κ1) is 17.6. The topological polar surface area (TPSA) is 87.8 Å². The molecule has 134 valence electrons. The molecule has 7 heteroatoms. The minimum absolute atomic E-state index is 0.0398. The van der Waals surface area contributed by atoms with Crippen molar-refractivity contribution >= 4 is 11.4 Å². The molecule has 1 heterocycles. The van der Waals surface area contributed by atoms with Crippen molar-refractivity contribution in [1.82, 2.24) is 4.90 Å². The highest BCUT2D eigenvalue weighted by molar-refractivity contribution is 5.56. The van der Waals surface area contributed by atoms with Gasteiger partial charge in [0, 0.05) is 11.7 Å². The van der Waals surface area contributed by atoms with Crippen LogP contribution in [0.1, 0.15) is 13.8 Å². The Bertz CT molecular complexity index is 710. The highest BCUT2D eigenvalue weighted by Crippen LogP contribution is 2.32. The van der Waals surface area contributed by atoms with Gasteiger partial charge in [0.25, 0.3) is 0 Å². The zero-order chi connectivity index (χ0) is 18.1. The maximum Gasteiger partial charge on any atom is 0.160 e. The number of halogens is 1. The summed E-state index contributed by atoms with van der Waals surface area (Å²) in [7, 11) is 0. The number of hydrogen-bond donors (Lipinski definition) is 3. The first-order valence-electron chi connectivity index (χ1n) is 8.34. The molecule has 6 N–H and O–H groups in total. The van der Waals surface area contributed by atoms with Crippen LogP contribution in [0.4, 0.5) is 15.8 Å². The number of benzene rings is 2. The van der Waals surface area contributed by atoms with E-state index >= 15 is 0 Å². The van der Waals surface area contributed by atoms with Gasteiger partial charge in [-0.15, -0.1) is 0 Å². The van der Waals surface area contributed by atoms with E-state index < -0.39 is 18.9 Å². The molecule has 3 unspecified atom stereocenters. The number of nitrogens with zero attached hydrogens (tertiary/aromatic N) is 3. The van der Waals surface area contributed by atoms with Gasteiger partial charge in [0.1, 0.15) is 18.4 Å². The van der Waals surface area contributed by atoms with Crippen LogP contribution in [0.5, 0.6) is 0 Å². The molecule has 0 radical (unpaired) electrons. The van der Waals surface area contributed by atoms with E-state index in [1.807, 2.05) is 54.0 Å². The number of nitrogens with two attached hydrogens (primary N) is 3. The second-order valence-electron chi connectivity index (χ2n) is 6.38. The summed E-state index contributed by atoms with van der Waals surface area (Å²) in [6, 6.07) is 16.1. The molecule has 0 saturated carbocycles. The molecule has 1 saturated heterocycles. The lowest BCUT2D eigenvalue weighted by molar-refractivity contribution is 0.0524. The Hall–Kier alpha value is -2.19. The summed E-state index contributed by atoms with van der Waals surface area (Å²) < 4.78 is 14.5. The van der Waals surface area contributed by atoms with Crippen LogP contribution in [-0.2, 0) is 0 Å². The molecule has 1 aliphatic heterocycles. The smallest absolute Gasteiger partial charge is 0.160 e. The van der Waals surface area contributed by atoms with E-state index in [0.29, 0.717) is 5.69 Å². The Labute approximate surface area is 147 Å². The number of rotatable bonds is 3. The van der Waals surface area contributed by atoms with Crippen LogP contribution in [0.3, 0.4) is 0 Å². The maximum absolute atomic E-state index is 14.5. The van der Waals surface area contributed by atoms with Crippen LogP contribution in [0.2, 0.25) is 0 Å². The van der Waals surface area contributed by atoms with Gasteiger partial charge in [0.15, 0.2) is 6.29 Å². The largest absolute Gasteiger partial charge is 0.310 e. The molecule has 0 bridgehead atoms. The first-order valence-corrected chi connectivity index (χ1v) is 8.34. The van der Waals surface area contributed by atoms with Gasteiger partial charge in [0.05, 0.1) is 5.69 Å². The maximum atomic E-state index is 14.5. The summed E-state index contributed by atoms with van der Waals surface area (Å²) in [6.07, 6.45) is -1.89. The monoisotopic (exact) mass is 344 g/mol. The molecule has 1 fully saturated rings. The van der Waals surface area contributed by atoms with E-state index in [-0.39, 0.29) is 11.9 Å². The minimum atomic E-state index is -0.709. The highest BCUT2D eigenvalue weighted by Gasteiger charge is 2.43. The van der Waals surface area contributed by atoms with E-state index in [4.69, 9.17) is 17.2 Å². The third kappa shape index (κ3) is 3.07. The van der Waals surface area contributed by atoms with Crippen molar-refractivity contribution in [1.29, 1.82) is 0 Å².